The quantitative estimate of drug-likeness (QED) is 0.648. The summed E-state index contributed by atoms with van der Waals surface area (Å²) in [5, 5.41) is 2.40. The molecule has 0 radical (unpaired) electrons. The van der Waals surface area contributed by atoms with Gasteiger partial charge in [0.1, 0.15) is 0 Å². The molecule has 0 atom stereocenters. The van der Waals surface area contributed by atoms with E-state index in [2.05, 4.69) is 12.2 Å². The molecule has 0 heterocycles. The fraction of sp³-hybridized carbons (Fsp3) is 0.600. The average molecular weight is 252 g/mol. The van der Waals surface area contributed by atoms with Crippen LogP contribution in [0.1, 0.15) is 32.6 Å². The summed E-state index contributed by atoms with van der Waals surface area (Å²) in [5.74, 6) is 1.65. The fourth-order valence-electron chi connectivity index (χ4n) is 1.80. The van der Waals surface area contributed by atoms with Crippen molar-refractivity contribution < 1.29 is 14.8 Å². The molecule has 1 aromatic rings. The first kappa shape index (κ1) is 14.8. The first-order chi connectivity index (χ1) is 8.88. The van der Waals surface area contributed by atoms with Crippen molar-refractivity contribution in [2.24, 2.45) is 0 Å². The summed E-state index contributed by atoms with van der Waals surface area (Å²) in [6.07, 6.45) is 4.91. The van der Waals surface area contributed by atoms with Crippen molar-refractivity contribution in [1.29, 1.82) is 0 Å². The van der Waals surface area contributed by atoms with Crippen molar-refractivity contribution >= 4 is 0 Å². The van der Waals surface area contributed by atoms with E-state index < -0.39 is 0 Å². The van der Waals surface area contributed by atoms with Crippen molar-refractivity contribution in [3.8, 4) is 11.5 Å². The van der Waals surface area contributed by atoms with Crippen LogP contribution in [-0.2, 0) is 0 Å². The molecule has 102 valence electrons. The van der Waals surface area contributed by atoms with E-state index in [0.29, 0.717) is 0 Å². The maximum atomic E-state index is 5.72. The molecular weight excluding hydrogens is 226 g/mol. The minimum atomic E-state index is 0.766. The van der Waals surface area contributed by atoms with Crippen molar-refractivity contribution in [3.05, 3.63) is 24.3 Å². The van der Waals surface area contributed by atoms with E-state index in [9.17, 15) is 0 Å². The van der Waals surface area contributed by atoms with Gasteiger partial charge in [0.05, 0.1) is 26.8 Å². The van der Waals surface area contributed by atoms with Gasteiger partial charge < -0.3 is 14.8 Å². The third-order valence-corrected chi connectivity index (χ3v) is 2.89. The SMILES string of the molecule is CCCC[NH2+]CCCCOc1ccccc1OC. The van der Waals surface area contributed by atoms with Gasteiger partial charge in [-0.1, -0.05) is 25.5 Å². The summed E-state index contributed by atoms with van der Waals surface area (Å²) in [7, 11) is 1.67. The summed E-state index contributed by atoms with van der Waals surface area (Å²) in [4.78, 5) is 0. The predicted molar refractivity (Wildman–Crippen MR) is 74.3 cm³/mol. The summed E-state index contributed by atoms with van der Waals surface area (Å²) >= 11 is 0. The van der Waals surface area contributed by atoms with Gasteiger partial charge in [0, 0.05) is 0 Å². The summed E-state index contributed by atoms with van der Waals surface area (Å²) in [6, 6.07) is 7.80. The number of hydrogen-bond acceptors (Lipinski definition) is 2. The minimum absolute atomic E-state index is 0.766. The molecule has 0 saturated carbocycles. The van der Waals surface area contributed by atoms with Crippen LogP contribution >= 0.6 is 0 Å². The fourth-order valence-corrected chi connectivity index (χ4v) is 1.80. The Morgan fingerprint density at radius 2 is 1.72 bits per heavy atom. The molecule has 0 aliphatic heterocycles. The van der Waals surface area contributed by atoms with Crippen LogP contribution in [0.4, 0.5) is 0 Å². The van der Waals surface area contributed by atoms with Crippen molar-refractivity contribution in [1.82, 2.24) is 0 Å². The number of benzene rings is 1. The van der Waals surface area contributed by atoms with Crippen LogP contribution in [0.15, 0.2) is 24.3 Å². The molecule has 1 rings (SSSR count). The molecule has 1 aromatic carbocycles. The van der Waals surface area contributed by atoms with Crippen molar-refractivity contribution in [2.45, 2.75) is 32.6 Å². The molecule has 0 bridgehead atoms. The lowest BCUT2D eigenvalue weighted by Crippen LogP contribution is -2.84. The van der Waals surface area contributed by atoms with Gasteiger partial charge in [0.25, 0.3) is 0 Å². The van der Waals surface area contributed by atoms with E-state index in [1.165, 1.54) is 32.4 Å². The van der Waals surface area contributed by atoms with Gasteiger partial charge in [0.2, 0.25) is 0 Å². The maximum absolute atomic E-state index is 5.72. The van der Waals surface area contributed by atoms with Gasteiger partial charge in [-0.15, -0.1) is 0 Å². The highest BCUT2D eigenvalue weighted by Gasteiger charge is 2.01. The van der Waals surface area contributed by atoms with E-state index in [0.717, 1.165) is 24.5 Å². The monoisotopic (exact) mass is 252 g/mol. The zero-order valence-corrected chi connectivity index (χ0v) is 11.7. The number of quaternary nitrogens is 1. The van der Waals surface area contributed by atoms with E-state index in [4.69, 9.17) is 9.47 Å². The Kier molecular flexibility index (Phi) is 8.06. The molecular formula is C15H26NO2+. The van der Waals surface area contributed by atoms with Gasteiger partial charge >= 0.3 is 0 Å². The Morgan fingerprint density at radius 1 is 1.00 bits per heavy atom. The van der Waals surface area contributed by atoms with Crippen molar-refractivity contribution in [2.75, 3.05) is 26.8 Å². The highest BCUT2D eigenvalue weighted by Crippen LogP contribution is 2.25. The van der Waals surface area contributed by atoms with Crippen LogP contribution in [0.5, 0.6) is 11.5 Å². The van der Waals surface area contributed by atoms with Gasteiger partial charge in [-0.2, -0.15) is 0 Å². The molecule has 0 unspecified atom stereocenters. The van der Waals surface area contributed by atoms with E-state index in [1.807, 2.05) is 24.3 Å². The molecule has 0 aliphatic rings. The number of para-hydroxylation sites is 2. The van der Waals surface area contributed by atoms with Gasteiger partial charge in [0.15, 0.2) is 11.5 Å². The average Bonchev–Trinajstić information content (AvgIpc) is 2.42. The molecule has 2 N–H and O–H groups in total. The lowest BCUT2D eigenvalue weighted by molar-refractivity contribution is -0.655. The topological polar surface area (TPSA) is 35.1 Å². The highest BCUT2D eigenvalue weighted by molar-refractivity contribution is 5.39. The molecule has 0 aromatic heterocycles. The van der Waals surface area contributed by atoms with Crippen LogP contribution in [-0.4, -0.2) is 26.8 Å². The smallest absolute Gasteiger partial charge is 0.161 e. The number of ether oxygens (including phenoxy) is 2. The third-order valence-electron chi connectivity index (χ3n) is 2.89. The molecule has 0 aliphatic carbocycles. The van der Waals surface area contributed by atoms with Crippen LogP contribution in [0.3, 0.4) is 0 Å². The highest BCUT2D eigenvalue weighted by atomic mass is 16.5. The lowest BCUT2D eigenvalue weighted by atomic mass is 10.3. The molecule has 3 heteroatoms. The Morgan fingerprint density at radius 3 is 2.44 bits per heavy atom. The second-order valence-electron chi connectivity index (χ2n) is 4.43. The zero-order valence-electron chi connectivity index (χ0n) is 11.7. The summed E-state index contributed by atoms with van der Waals surface area (Å²) in [6.45, 7) is 5.45. The lowest BCUT2D eigenvalue weighted by Gasteiger charge is -2.09. The van der Waals surface area contributed by atoms with E-state index in [1.54, 1.807) is 7.11 Å². The van der Waals surface area contributed by atoms with Crippen LogP contribution < -0.4 is 14.8 Å². The molecule has 0 amide bonds. The third kappa shape index (κ3) is 5.92. The Bertz CT molecular complexity index is 315. The normalized spacial score (nSPS) is 10.3. The van der Waals surface area contributed by atoms with Crippen LogP contribution in [0.25, 0.3) is 0 Å². The second kappa shape index (κ2) is 9.77. The molecule has 0 spiro atoms. The first-order valence-electron chi connectivity index (χ1n) is 6.96. The van der Waals surface area contributed by atoms with Gasteiger partial charge in [-0.05, 0) is 31.4 Å². The number of rotatable bonds is 10. The Balaban J connectivity index is 2.07. The number of nitrogens with two attached hydrogens (primary N) is 1. The predicted octanol–water partition coefficient (Wildman–Crippen LogP) is 2.22. The number of hydrogen-bond donors (Lipinski definition) is 1. The molecule has 0 fully saturated rings. The first-order valence-corrected chi connectivity index (χ1v) is 6.96. The zero-order chi connectivity index (χ0) is 13.1. The molecule has 3 nitrogen and oxygen atoms in total. The minimum Gasteiger partial charge on any atom is -0.493 e. The Hall–Kier alpha value is -1.22. The molecule has 0 saturated heterocycles. The van der Waals surface area contributed by atoms with Crippen molar-refractivity contribution in [3.63, 3.8) is 0 Å². The largest absolute Gasteiger partial charge is 0.493 e. The molecule has 18 heavy (non-hydrogen) atoms. The number of unbranched alkanes of at least 4 members (excludes halogenated alkanes) is 2. The van der Waals surface area contributed by atoms with E-state index in [-0.39, 0.29) is 0 Å². The van der Waals surface area contributed by atoms with E-state index >= 15 is 0 Å². The summed E-state index contributed by atoms with van der Waals surface area (Å²) in [5.41, 5.74) is 0. The maximum Gasteiger partial charge on any atom is 0.161 e. The van der Waals surface area contributed by atoms with Gasteiger partial charge in [-0.25, -0.2) is 0 Å². The second-order valence-corrected chi connectivity index (χ2v) is 4.43. The number of methoxy groups -OCH3 is 1. The van der Waals surface area contributed by atoms with Crippen LogP contribution in [0.2, 0.25) is 0 Å². The Labute approximate surface area is 110 Å². The van der Waals surface area contributed by atoms with Gasteiger partial charge in [-0.3, -0.25) is 0 Å². The summed E-state index contributed by atoms with van der Waals surface area (Å²) < 4.78 is 11.0. The standard InChI is InChI=1S/C15H25NO2/c1-3-4-11-16-12-7-8-13-18-15-10-6-5-9-14(15)17-2/h5-6,9-10,16H,3-4,7-8,11-13H2,1-2H3/p+1. The van der Waals surface area contributed by atoms with Crippen LogP contribution in [0, 0.1) is 0 Å².